The number of carboxylic acids is 1. The third-order valence-electron chi connectivity index (χ3n) is 5.50. The first-order valence-corrected chi connectivity index (χ1v) is 10.2. The van der Waals surface area contributed by atoms with Gasteiger partial charge in [0.25, 0.3) is 0 Å². The van der Waals surface area contributed by atoms with Gasteiger partial charge in [0.15, 0.2) is 5.65 Å². The van der Waals surface area contributed by atoms with Crippen LogP contribution in [-0.4, -0.2) is 27.6 Å². The van der Waals surface area contributed by atoms with Crippen molar-refractivity contribution >= 4 is 38.4 Å². The lowest BCUT2D eigenvalue weighted by molar-refractivity contribution is 0.0699. The maximum absolute atomic E-state index is 11.4. The summed E-state index contributed by atoms with van der Waals surface area (Å²) in [7, 11) is 0. The zero-order valence-corrected chi connectivity index (χ0v) is 15.9. The molecule has 0 spiro atoms. The smallest absolute Gasteiger partial charge is 0.337 e. The molecule has 1 aliphatic rings. The Morgan fingerprint density at radius 1 is 1.11 bits per heavy atom. The molecule has 0 aliphatic carbocycles. The number of nitrogens with one attached hydrogen (secondary N) is 1. The van der Waals surface area contributed by atoms with E-state index in [0.29, 0.717) is 16.3 Å². The average Bonchev–Trinajstić information content (AvgIpc) is 3.17. The van der Waals surface area contributed by atoms with Crippen LogP contribution in [0.3, 0.4) is 0 Å². The van der Waals surface area contributed by atoms with E-state index in [4.69, 9.17) is 0 Å². The molecule has 4 aromatic rings. The predicted octanol–water partition coefficient (Wildman–Crippen LogP) is 4.75. The molecule has 2 N–H and O–H groups in total. The van der Waals surface area contributed by atoms with Crippen molar-refractivity contribution in [3.8, 4) is 0 Å². The molecule has 5 rings (SSSR count). The number of thiazole rings is 1. The Balaban J connectivity index is 1.36. The van der Waals surface area contributed by atoms with Gasteiger partial charge < -0.3 is 10.4 Å². The van der Waals surface area contributed by atoms with E-state index in [1.807, 2.05) is 0 Å². The van der Waals surface area contributed by atoms with Gasteiger partial charge in [-0.2, -0.15) is 0 Å². The minimum atomic E-state index is -0.935. The number of nitrogens with zero attached hydrogens (tertiary/aromatic N) is 2. The molecule has 0 saturated carbocycles. The van der Waals surface area contributed by atoms with Crippen LogP contribution < -0.4 is 5.32 Å². The standard InChI is InChI=1S/C22H19N3O2S/c26-22(27)17-9-10-23-20-19(17)28-21(25-20)18-8-7-16(12-24-18)15-6-5-13-3-1-2-4-14(13)11-15/h1-6,9-11,16,18,24H,7-8,12H2,(H,26,27). The first-order valence-electron chi connectivity index (χ1n) is 9.40. The van der Waals surface area contributed by atoms with Crippen molar-refractivity contribution in [1.82, 2.24) is 15.3 Å². The number of pyridine rings is 1. The summed E-state index contributed by atoms with van der Waals surface area (Å²) in [5.41, 5.74) is 2.17. The number of fused-ring (bicyclic) bond motifs is 2. The SMILES string of the molecule is O=C(O)c1ccnc2nc(C3CCC(c4ccc5ccccc5c4)CN3)sc12. The van der Waals surface area contributed by atoms with Gasteiger partial charge in [0.1, 0.15) is 5.01 Å². The number of carbonyl (C=O) groups is 1. The van der Waals surface area contributed by atoms with E-state index in [0.717, 1.165) is 24.4 Å². The van der Waals surface area contributed by atoms with E-state index in [1.54, 1.807) is 0 Å². The third-order valence-corrected chi connectivity index (χ3v) is 6.69. The van der Waals surface area contributed by atoms with E-state index in [9.17, 15) is 9.90 Å². The van der Waals surface area contributed by atoms with Gasteiger partial charge in [-0.3, -0.25) is 0 Å². The van der Waals surface area contributed by atoms with Crippen LogP contribution >= 0.6 is 11.3 Å². The van der Waals surface area contributed by atoms with Crippen LogP contribution in [-0.2, 0) is 0 Å². The second-order valence-corrected chi connectivity index (χ2v) is 8.24. The monoisotopic (exact) mass is 389 g/mol. The lowest BCUT2D eigenvalue weighted by Crippen LogP contribution is -2.32. The number of aromatic carboxylic acids is 1. The minimum absolute atomic E-state index is 0.151. The molecule has 0 amide bonds. The van der Waals surface area contributed by atoms with Crippen LogP contribution in [0.25, 0.3) is 21.1 Å². The van der Waals surface area contributed by atoms with Crippen molar-refractivity contribution in [2.24, 2.45) is 0 Å². The van der Waals surface area contributed by atoms with E-state index in [2.05, 4.69) is 57.7 Å². The van der Waals surface area contributed by atoms with Crippen LogP contribution in [0, 0.1) is 0 Å². The highest BCUT2D eigenvalue weighted by molar-refractivity contribution is 7.19. The fourth-order valence-corrected chi connectivity index (χ4v) is 5.12. The molecule has 2 atom stereocenters. The van der Waals surface area contributed by atoms with Gasteiger partial charge in [0.2, 0.25) is 0 Å². The van der Waals surface area contributed by atoms with Crippen LogP contribution in [0.4, 0.5) is 0 Å². The average molecular weight is 389 g/mol. The summed E-state index contributed by atoms with van der Waals surface area (Å²) >= 11 is 1.44. The van der Waals surface area contributed by atoms with Gasteiger partial charge in [-0.15, -0.1) is 11.3 Å². The fraction of sp³-hybridized carbons (Fsp3) is 0.227. The zero-order chi connectivity index (χ0) is 19.1. The number of hydrogen-bond donors (Lipinski definition) is 2. The van der Waals surface area contributed by atoms with Gasteiger partial charge in [-0.25, -0.2) is 14.8 Å². The summed E-state index contributed by atoms with van der Waals surface area (Å²) in [4.78, 5) is 20.3. The van der Waals surface area contributed by atoms with Crippen LogP contribution in [0.5, 0.6) is 0 Å². The number of aromatic nitrogens is 2. The molecule has 1 fully saturated rings. The summed E-state index contributed by atoms with van der Waals surface area (Å²) in [6.07, 6.45) is 3.56. The number of hydrogen-bond acceptors (Lipinski definition) is 5. The van der Waals surface area contributed by atoms with E-state index >= 15 is 0 Å². The molecule has 2 unspecified atom stereocenters. The predicted molar refractivity (Wildman–Crippen MR) is 111 cm³/mol. The van der Waals surface area contributed by atoms with Crippen molar-refractivity contribution < 1.29 is 9.90 Å². The maximum Gasteiger partial charge on any atom is 0.337 e. The Morgan fingerprint density at radius 2 is 1.96 bits per heavy atom. The second kappa shape index (κ2) is 6.96. The quantitative estimate of drug-likeness (QED) is 0.529. The molecular formula is C22H19N3O2S. The molecular weight excluding hydrogens is 370 g/mol. The lowest BCUT2D eigenvalue weighted by Gasteiger charge is -2.29. The van der Waals surface area contributed by atoms with E-state index < -0.39 is 5.97 Å². The summed E-state index contributed by atoms with van der Waals surface area (Å²) in [6.45, 7) is 0.887. The zero-order valence-electron chi connectivity index (χ0n) is 15.1. The molecule has 6 heteroatoms. The highest BCUT2D eigenvalue weighted by Gasteiger charge is 2.26. The van der Waals surface area contributed by atoms with Gasteiger partial charge >= 0.3 is 5.97 Å². The van der Waals surface area contributed by atoms with Crippen molar-refractivity contribution in [1.29, 1.82) is 0 Å². The Hall–Kier alpha value is -2.83. The summed E-state index contributed by atoms with van der Waals surface area (Å²) in [5, 5.41) is 16.5. The fourth-order valence-electron chi connectivity index (χ4n) is 3.98. The van der Waals surface area contributed by atoms with Crippen molar-refractivity contribution in [3.05, 3.63) is 70.9 Å². The number of rotatable bonds is 3. The molecule has 28 heavy (non-hydrogen) atoms. The molecule has 2 aromatic heterocycles. The number of piperidine rings is 1. The Labute approximate surface area is 166 Å². The molecule has 140 valence electrons. The Bertz CT molecular complexity index is 1180. The first kappa shape index (κ1) is 17.3. The van der Waals surface area contributed by atoms with Crippen molar-refractivity contribution in [3.63, 3.8) is 0 Å². The maximum atomic E-state index is 11.4. The Morgan fingerprint density at radius 3 is 2.75 bits per heavy atom. The molecule has 1 saturated heterocycles. The summed E-state index contributed by atoms with van der Waals surface area (Å²) < 4.78 is 0.656. The highest BCUT2D eigenvalue weighted by atomic mass is 32.1. The third kappa shape index (κ3) is 3.04. The largest absolute Gasteiger partial charge is 0.478 e. The topological polar surface area (TPSA) is 75.1 Å². The normalized spacial score (nSPS) is 19.9. The minimum Gasteiger partial charge on any atom is -0.478 e. The first-order chi connectivity index (χ1) is 13.7. The number of benzene rings is 2. The van der Waals surface area contributed by atoms with Gasteiger partial charge in [-0.1, -0.05) is 42.5 Å². The van der Waals surface area contributed by atoms with Gasteiger partial charge in [0.05, 0.1) is 16.3 Å². The highest BCUT2D eigenvalue weighted by Crippen LogP contribution is 2.36. The van der Waals surface area contributed by atoms with Crippen LogP contribution in [0.2, 0.25) is 0 Å². The molecule has 1 aliphatic heterocycles. The molecule has 2 aromatic carbocycles. The van der Waals surface area contributed by atoms with E-state index in [1.165, 1.54) is 39.9 Å². The summed E-state index contributed by atoms with van der Waals surface area (Å²) in [6, 6.07) is 16.9. The Kier molecular flexibility index (Phi) is 4.30. The van der Waals surface area contributed by atoms with Crippen molar-refractivity contribution in [2.45, 2.75) is 24.8 Å². The van der Waals surface area contributed by atoms with Gasteiger partial charge in [0, 0.05) is 12.7 Å². The van der Waals surface area contributed by atoms with Crippen molar-refractivity contribution in [2.75, 3.05) is 6.54 Å². The molecule has 5 nitrogen and oxygen atoms in total. The summed E-state index contributed by atoms with van der Waals surface area (Å²) in [5.74, 6) is -0.460. The van der Waals surface area contributed by atoms with Crippen LogP contribution in [0.1, 0.15) is 45.7 Å². The number of carboxylic acid groups (broad SMARTS) is 1. The molecule has 0 radical (unpaired) electrons. The van der Waals surface area contributed by atoms with Crippen LogP contribution in [0.15, 0.2) is 54.7 Å². The molecule has 0 bridgehead atoms. The molecule has 3 heterocycles. The van der Waals surface area contributed by atoms with Gasteiger partial charge in [-0.05, 0) is 41.2 Å². The lowest BCUT2D eigenvalue weighted by atomic mass is 9.88. The second-order valence-electron chi connectivity index (χ2n) is 7.21. The van der Waals surface area contributed by atoms with E-state index in [-0.39, 0.29) is 11.6 Å².